The Kier molecular flexibility index (Phi) is 12.1. The van der Waals surface area contributed by atoms with Gasteiger partial charge in [0.2, 0.25) is 11.8 Å². The summed E-state index contributed by atoms with van der Waals surface area (Å²) in [7, 11) is 0. The van der Waals surface area contributed by atoms with E-state index in [2.05, 4.69) is 10.6 Å². The molecule has 2 aromatic carbocycles. The summed E-state index contributed by atoms with van der Waals surface area (Å²) in [5.74, 6) is -2.52. The highest BCUT2D eigenvalue weighted by molar-refractivity contribution is 5.94. The van der Waals surface area contributed by atoms with Gasteiger partial charge in [-0.05, 0) is 67.0 Å². The third kappa shape index (κ3) is 10.9. The largest absolute Gasteiger partial charge is 0.508 e. The Hall–Kier alpha value is -4.12. The van der Waals surface area contributed by atoms with Crippen LogP contribution in [0.4, 0.5) is 4.79 Å². The van der Waals surface area contributed by atoms with Gasteiger partial charge >= 0.3 is 12.1 Å². The van der Waals surface area contributed by atoms with Crippen molar-refractivity contribution in [3.05, 3.63) is 65.7 Å². The van der Waals surface area contributed by atoms with E-state index in [1.165, 1.54) is 12.1 Å². The Morgan fingerprint density at radius 3 is 1.88 bits per heavy atom. The molecule has 0 aliphatic heterocycles. The quantitative estimate of drug-likeness (QED) is 0.286. The van der Waals surface area contributed by atoms with E-state index in [0.717, 1.165) is 10.5 Å². The molecule has 2 aromatic rings. The van der Waals surface area contributed by atoms with Gasteiger partial charge in [0.1, 0.15) is 35.1 Å². The van der Waals surface area contributed by atoms with Gasteiger partial charge in [-0.1, -0.05) is 48.5 Å². The molecule has 2 rings (SSSR count). The van der Waals surface area contributed by atoms with Gasteiger partial charge < -0.3 is 35.2 Å². The molecule has 3 amide bonds. The molecule has 236 valence electrons. The second-order valence-corrected chi connectivity index (χ2v) is 12.5. The number of carbonyl (C=O) groups excluding carboxylic acids is 4. The standard InChI is InChI=1S/C32H45N3O8/c1-20(2)35(28(39)24(19-36)34-30(41)43-32(6,7)8)26(22-16-12-13-17-25(22)37)27(38)33-23(29(40)42-31(3,4)5)18-21-14-10-9-11-15-21/h9-17,20,23-24,26,36-37H,18-19H2,1-8H3,(H,33,38)(H,34,41). The molecule has 43 heavy (non-hydrogen) atoms. The average Bonchev–Trinajstić information content (AvgIpc) is 2.88. The number of phenols is 1. The van der Waals surface area contributed by atoms with E-state index in [-0.39, 0.29) is 17.7 Å². The smallest absolute Gasteiger partial charge is 0.408 e. The Morgan fingerprint density at radius 2 is 1.37 bits per heavy atom. The van der Waals surface area contributed by atoms with Crippen LogP contribution in [0.3, 0.4) is 0 Å². The molecule has 0 fully saturated rings. The molecule has 3 unspecified atom stereocenters. The second kappa shape index (κ2) is 14.9. The van der Waals surface area contributed by atoms with Crippen molar-refractivity contribution in [3.63, 3.8) is 0 Å². The van der Waals surface area contributed by atoms with Gasteiger partial charge in [0.05, 0.1) is 6.61 Å². The van der Waals surface area contributed by atoms with Crippen LogP contribution in [-0.2, 0) is 30.3 Å². The highest BCUT2D eigenvalue weighted by atomic mass is 16.6. The van der Waals surface area contributed by atoms with Crippen molar-refractivity contribution in [1.82, 2.24) is 15.5 Å². The summed E-state index contributed by atoms with van der Waals surface area (Å²) < 4.78 is 10.8. The molecular formula is C32H45N3O8. The maximum atomic E-state index is 14.1. The van der Waals surface area contributed by atoms with E-state index < -0.39 is 65.9 Å². The number of aliphatic hydroxyl groups is 1. The maximum absolute atomic E-state index is 14.1. The van der Waals surface area contributed by atoms with Crippen LogP contribution in [0.5, 0.6) is 5.75 Å². The number of ether oxygens (including phenoxy) is 2. The summed E-state index contributed by atoms with van der Waals surface area (Å²) >= 11 is 0. The number of carbonyl (C=O) groups is 4. The van der Waals surface area contributed by atoms with E-state index in [1.54, 1.807) is 79.7 Å². The molecular weight excluding hydrogens is 554 g/mol. The molecule has 0 aromatic heterocycles. The number of esters is 1. The van der Waals surface area contributed by atoms with Gasteiger partial charge in [-0.15, -0.1) is 0 Å². The fourth-order valence-corrected chi connectivity index (χ4v) is 4.30. The number of rotatable bonds is 11. The predicted octanol–water partition coefficient (Wildman–Crippen LogP) is 3.63. The minimum atomic E-state index is -1.47. The number of hydrogen-bond donors (Lipinski definition) is 4. The fourth-order valence-electron chi connectivity index (χ4n) is 4.30. The third-order valence-electron chi connectivity index (χ3n) is 6.03. The summed E-state index contributed by atoms with van der Waals surface area (Å²) in [6.45, 7) is 12.6. The third-order valence-corrected chi connectivity index (χ3v) is 6.03. The number of amides is 3. The second-order valence-electron chi connectivity index (χ2n) is 12.5. The van der Waals surface area contributed by atoms with Gasteiger partial charge in [0.25, 0.3) is 0 Å². The van der Waals surface area contributed by atoms with Crippen molar-refractivity contribution in [3.8, 4) is 5.75 Å². The highest BCUT2D eigenvalue weighted by Crippen LogP contribution is 2.31. The zero-order chi connectivity index (χ0) is 32.5. The molecule has 0 aliphatic rings. The minimum absolute atomic E-state index is 0.0821. The van der Waals surface area contributed by atoms with Crippen LogP contribution < -0.4 is 10.6 Å². The molecule has 0 saturated carbocycles. The molecule has 0 spiro atoms. The first-order valence-electron chi connectivity index (χ1n) is 14.2. The van der Waals surface area contributed by atoms with E-state index in [9.17, 15) is 29.4 Å². The number of aromatic hydroxyl groups is 1. The Balaban J connectivity index is 2.55. The predicted molar refractivity (Wildman–Crippen MR) is 161 cm³/mol. The average molecular weight is 600 g/mol. The fraction of sp³-hybridized carbons (Fsp3) is 0.500. The molecule has 0 aliphatic carbocycles. The zero-order valence-corrected chi connectivity index (χ0v) is 26.2. The lowest BCUT2D eigenvalue weighted by Gasteiger charge is -2.37. The van der Waals surface area contributed by atoms with Crippen LogP contribution in [0.15, 0.2) is 54.6 Å². The number of para-hydroxylation sites is 1. The van der Waals surface area contributed by atoms with Crippen molar-refractivity contribution in [2.24, 2.45) is 0 Å². The lowest BCUT2D eigenvalue weighted by Crippen LogP contribution is -2.57. The van der Waals surface area contributed by atoms with Crippen LogP contribution >= 0.6 is 0 Å². The molecule has 11 nitrogen and oxygen atoms in total. The molecule has 0 bridgehead atoms. The van der Waals surface area contributed by atoms with Crippen molar-refractivity contribution in [2.45, 2.75) is 97.2 Å². The first-order chi connectivity index (χ1) is 19.9. The number of hydrogen-bond acceptors (Lipinski definition) is 8. The van der Waals surface area contributed by atoms with Crippen LogP contribution in [0.25, 0.3) is 0 Å². The van der Waals surface area contributed by atoms with Crippen molar-refractivity contribution < 1.29 is 38.9 Å². The van der Waals surface area contributed by atoms with E-state index in [0.29, 0.717) is 0 Å². The molecule has 11 heteroatoms. The van der Waals surface area contributed by atoms with Crippen molar-refractivity contribution >= 4 is 23.9 Å². The van der Waals surface area contributed by atoms with Gasteiger partial charge in [0, 0.05) is 18.0 Å². The first kappa shape index (κ1) is 35.1. The van der Waals surface area contributed by atoms with E-state index in [4.69, 9.17) is 9.47 Å². The van der Waals surface area contributed by atoms with Gasteiger partial charge in [0.15, 0.2) is 0 Å². The summed E-state index contributed by atoms with van der Waals surface area (Å²) in [5, 5.41) is 26.0. The summed E-state index contributed by atoms with van der Waals surface area (Å²) in [6.07, 6.45) is -0.829. The number of phenolic OH excluding ortho intramolecular Hbond substituents is 1. The van der Waals surface area contributed by atoms with Crippen LogP contribution in [0, 0.1) is 0 Å². The minimum Gasteiger partial charge on any atom is -0.508 e. The number of nitrogens with zero attached hydrogens (tertiary/aromatic N) is 1. The lowest BCUT2D eigenvalue weighted by atomic mass is 9.99. The number of benzene rings is 2. The van der Waals surface area contributed by atoms with Gasteiger partial charge in [-0.3, -0.25) is 9.59 Å². The summed E-state index contributed by atoms with van der Waals surface area (Å²) in [4.78, 5) is 54.9. The van der Waals surface area contributed by atoms with E-state index in [1.807, 2.05) is 18.2 Å². The van der Waals surface area contributed by atoms with Crippen LogP contribution in [0.2, 0.25) is 0 Å². The Bertz CT molecular complexity index is 1250. The van der Waals surface area contributed by atoms with E-state index >= 15 is 0 Å². The Labute approximate surface area is 253 Å². The number of nitrogens with one attached hydrogen (secondary N) is 2. The highest BCUT2D eigenvalue weighted by Gasteiger charge is 2.40. The molecule has 3 atom stereocenters. The SMILES string of the molecule is CC(C)N(C(=O)C(CO)NC(=O)OC(C)(C)C)C(C(=O)NC(Cc1ccccc1)C(=O)OC(C)(C)C)c1ccccc1O. The van der Waals surface area contributed by atoms with Crippen LogP contribution in [0.1, 0.15) is 72.6 Å². The van der Waals surface area contributed by atoms with Gasteiger partial charge in [-0.25, -0.2) is 9.59 Å². The molecule has 4 N–H and O–H groups in total. The first-order valence-corrected chi connectivity index (χ1v) is 14.2. The van der Waals surface area contributed by atoms with Crippen molar-refractivity contribution in [1.29, 1.82) is 0 Å². The molecule has 0 radical (unpaired) electrons. The van der Waals surface area contributed by atoms with Gasteiger partial charge in [-0.2, -0.15) is 0 Å². The Morgan fingerprint density at radius 1 is 0.814 bits per heavy atom. The number of aliphatic hydroxyl groups excluding tert-OH is 1. The normalized spacial score (nSPS) is 13.8. The summed E-state index contributed by atoms with van der Waals surface area (Å²) in [5.41, 5.74) is -0.858. The summed E-state index contributed by atoms with van der Waals surface area (Å²) in [6, 6.07) is 10.3. The maximum Gasteiger partial charge on any atom is 0.408 e. The monoisotopic (exact) mass is 599 g/mol. The lowest BCUT2D eigenvalue weighted by molar-refractivity contribution is -0.159. The van der Waals surface area contributed by atoms with Crippen LogP contribution in [-0.4, -0.2) is 74.9 Å². The molecule has 0 saturated heterocycles. The zero-order valence-electron chi connectivity index (χ0n) is 26.2. The number of alkyl carbamates (subject to hydrolysis) is 1. The molecule has 0 heterocycles. The topological polar surface area (TPSA) is 154 Å². The van der Waals surface area contributed by atoms with Crippen molar-refractivity contribution in [2.75, 3.05) is 6.61 Å².